The van der Waals surface area contributed by atoms with E-state index in [1.807, 2.05) is 42.6 Å². The lowest BCUT2D eigenvalue weighted by Gasteiger charge is -2.21. The Morgan fingerprint density at radius 1 is 1.29 bits per heavy atom. The first-order valence-electron chi connectivity index (χ1n) is 6.21. The molecule has 0 aliphatic carbocycles. The Morgan fingerprint density at radius 3 is 2.52 bits per heavy atom. The summed E-state index contributed by atoms with van der Waals surface area (Å²) in [5.74, 6) is -0.0849. The Labute approximate surface area is 136 Å². The molecule has 21 heavy (non-hydrogen) atoms. The van der Waals surface area contributed by atoms with Gasteiger partial charge in [-0.1, -0.05) is 30.3 Å². The van der Waals surface area contributed by atoms with Gasteiger partial charge in [-0.15, -0.1) is 24.8 Å². The smallest absolute Gasteiger partial charge is 0.243 e. The monoisotopic (exact) mass is 330 g/mol. The standard InChI is InChI=1S/C14H18N4O.2ClH/c1-17(10-11-18-9-5-8-16-18)14(19)13(15)12-6-3-2-4-7-12;;/h2-9,13H,10-11,15H2,1H3;2*1H. The molecule has 0 saturated heterocycles. The van der Waals surface area contributed by atoms with Crippen LogP contribution in [0.3, 0.4) is 0 Å². The average molecular weight is 331 g/mol. The number of carbonyl (C=O) groups excluding carboxylic acids is 1. The summed E-state index contributed by atoms with van der Waals surface area (Å²) in [7, 11) is 1.76. The summed E-state index contributed by atoms with van der Waals surface area (Å²) in [5.41, 5.74) is 6.81. The number of aromatic nitrogens is 2. The van der Waals surface area contributed by atoms with Crippen molar-refractivity contribution in [2.45, 2.75) is 12.6 Å². The number of nitrogens with zero attached hydrogens (tertiary/aromatic N) is 3. The van der Waals surface area contributed by atoms with Gasteiger partial charge in [0, 0.05) is 26.0 Å². The highest BCUT2D eigenvalue weighted by molar-refractivity contribution is 5.85. The highest BCUT2D eigenvalue weighted by atomic mass is 35.5. The van der Waals surface area contributed by atoms with Crippen molar-refractivity contribution in [2.75, 3.05) is 13.6 Å². The van der Waals surface area contributed by atoms with E-state index in [1.165, 1.54) is 0 Å². The number of benzene rings is 1. The van der Waals surface area contributed by atoms with Crippen LogP contribution in [0, 0.1) is 0 Å². The molecule has 2 rings (SSSR count). The van der Waals surface area contributed by atoms with Crippen LogP contribution in [-0.2, 0) is 11.3 Å². The Bertz CT molecular complexity index is 519. The minimum atomic E-state index is -0.608. The van der Waals surface area contributed by atoms with Crippen LogP contribution < -0.4 is 5.73 Å². The molecule has 0 saturated carbocycles. The molecule has 1 amide bonds. The Kier molecular flexibility index (Phi) is 8.69. The highest BCUT2D eigenvalue weighted by Gasteiger charge is 2.19. The molecule has 0 bridgehead atoms. The SMILES string of the molecule is CN(CCn1cccn1)C(=O)C(N)c1ccccc1.Cl.Cl. The summed E-state index contributed by atoms with van der Waals surface area (Å²) in [6, 6.07) is 10.6. The molecule has 1 atom stereocenters. The Balaban J connectivity index is 0.00000200. The second kappa shape index (κ2) is 9.39. The van der Waals surface area contributed by atoms with E-state index in [1.54, 1.807) is 22.8 Å². The predicted octanol–water partition coefficient (Wildman–Crippen LogP) is 1.89. The van der Waals surface area contributed by atoms with Crippen LogP contribution in [0.1, 0.15) is 11.6 Å². The van der Waals surface area contributed by atoms with Gasteiger partial charge in [0.1, 0.15) is 6.04 Å². The lowest BCUT2D eigenvalue weighted by molar-refractivity contribution is -0.131. The second-order valence-corrected chi connectivity index (χ2v) is 4.42. The summed E-state index contributed by atoms with van der Waals surface area (Å²) in [6.45, 7) is 1.25. The fourth-order valence-electron chi connectivity index (χ4n) is 1.84. The zero-order valence-corrected chi connectivity index (χ0v) is 13.4. The minimum absolute atomic E-state index is 0. The van der Waals surface area contributed by atoms with Crippen molar-refractivity contribution < 1.29 is 4.79 Å². The number of nitrogens with two attached hydrogens (primary N) is 1. The first-order valence-corrected chi connectivity index (χ1v) is 6.21. The van der Waals surface area contributed by atoms with E-state index in [-0.39, 0.29) is 30.7 Å². The fraction of sp³-hybridized carbons (Fsp3) is 0.286. The van der Waals surface area contributed by atoms with E-state index >= 15 is 0 Å². The number of carbonyl (C=O) groups is 1. The number of halogens is 2. The Hall–Kier alpha value is -1.56. The van der Waals surface area contributed by atoms with Gasteiger partial charge in [-0.05, 0) is 11.6 Å². The molecule has 0 radical (unpaired) electrons. The van der Waals surface area contributed by atoms with E-state index in [9.17, 15) is 4.79 Å². The number of hydrogen-bond donors (Lipinski definition) is 1. The van der Waals surface area contributed by atoms with Crippen molar-refractivity contribution in [3.63, 3.8) is 0 Å². The van der Waals surface area contributed by atoms with Crippen LogP contribution in [0.25, 0.3) is 0 Å². The zero-order valence-electron chi connectivity index (χ0n) is 11.8. The van der Waals surface area contributed by atoms with E-state index in [2.05, 4.69) is 5.10 Å². The molecule has 5 nitrogen and oxygen atoms in total. The van der Waals surface area contributed by atoms with Gasteiger partial charge in [-0.3, -0.25) is 9.48 Å². The molecule has 0 aliphatic rings. The molecule has 2 N–H and O–H groups in total. The molecule has 7 heteroatoms. The largest absolute Gasteiger partial charge is 0.342 e. The van der Waals surface area contributed by atoms with E-state index in [4.69, 9.17) is 5.73 Å². The van der Waals surface area contributed by atoms with E-state index in [0.717, 1.165) is 5.56 Å². The summed E-state index contributed by atoms with van der Waals surface area (Å²) in [6.07, 6.45) is 3.59. The molecule has 0 aliphatic heterocycles. The molecule has 0 spiro atoms. The maximum atomic E-state index is 12.2. The van der Waals surface area contributed by atoms with Crippen molar-refractivity contribution in [1.82, 2.24) is 14.7 Å². The van der Waals surface area contributed by atoms with E-state index in [0.29, 0.717) is 13.1 Å². The van der Waals surface area contributed by atoms with Crippen molar-refractivity contribution in [1.29, 1.82) is 0 Å². The van der Waals surface area contributed by atoms with Crippen molar-refractivity contribution in [3.8, 4) is 0 Å². The lowest BCUT2D eigenvalue weighted by Crippen LogP contribution is -2.37. The molecular formula is C14H20Cl2N4O. The average Bonchev–Trinajstić information content (AvgIpc) is 2.97. The van der Waals surface area contributed by atoms with Crippen molar-refractivity contribution in [3.05, 3.63) is 54.4 Å². The van der Waals surface area contributed by atoms with Crippen molar-refractivity contribution >= 4 is 30.7 Å². The molecule has 1 heterocycles. The van der Waals surface area contributed by atoms with Gasteiger partial charge < -0.3 is 10.6 Å². The maximum absolute atomic E-state index is 12.2. The van der Waals surface area contributed by atoms with Crippen LogP contribution in [-0.4, -0.2) is 34.2 Å². The molecule has 0 fully saturated rings. The normalized spacial score (nSPS) is 11.0. The second-order valence-electron chi connectivity index (χ2n) is 4.42. The van der Waals surface area contributed by atoms with Gasteiger partial charge >= 0.3 is 0 Å². The molecule has 1 aromatic carbocycles. The third-order valence-corrected chi connectivity index (χ3v) is 3.02. The minimum Gasteiger partial charge on any atom is -0.342 e. The van der Waals surface area contributed by atoms with Gasteiger partial charge in [0.2, 0.25) is 5.91 Å². The zero-order chi connectivity index (χ0) is 13.7. The summed E-state index contributed by atoms with van der Waals surface area (Å²) in [4.78, 5) is 13.8. The third-order valence-electron chi connectivity index (χ3n) is 3.02. The maximum Gasteiger partial charge on any atom is 0.243 e. The van der Waals surface area contributed by atoms with Crippen LogP contribution in [0.2, 0.25) is 0 Å². The lowest BCUT2D eigenvalue weighted by atomic mass is 10.1. The van der Waals surface area contributed by atoms with Crippen molar-refractivity contribution in [2.24, 2.45) is 5.73 Å². The fourth-order valence-corrected chi connectivity index (χ4v) is 1.84. The first-order chi connectivity index (χ1) is 9.18. The van der Waals surface area contributed by atoms with E-state index < -0.39 is 6.04 Å². The Morgan fingerprint density at radius 2 is 1.95 bits per heavy atom. The molecule has 2 aromatic rings. The first kappa shape index (κ1) is 19.4. The molecular weight excluding hydrogens is 311 g/mol. The number of amides is 1. The van der Waals surface area contributed by atoms with Crippen LogP contribution in [0.4, 0.5) is 0 Å². The van der Waals surface area contributed by atoms with Crippen LogP contribution in [0.15, 0.2) is 48.8 Å². The van der Waals surface area contributed by atoms with Crippen LogP contribution in [0.5, 0.6) is 0 Å². The predicted molar refractivity (Wildman–Crippen MR) is 87.7 cm³/mol. The number of rotatable bonds is 5. The van der Waals surface area contributed by atoms with Gasteiger partial charge in [0.25, 0.3) is 0 Å². The van der Waals surface area contributed by atoms with Crippen LogP contribution >= 0.6 is 24.8 Å². The highest BCUT2D eigenvalue weighted by Crippen LogP contribution is 2.11. The summed E-state index contributed by atoms with van der Waals surface area (Å²) < 4.78 is 1.79. The van der Waals surface area contributed by atoms with Gasteiger partial charge in [0.05, 0.1) is 6.54 Å². The van der Waals surface area contributed by atoms with Gasteiger partial charge in [-0.25, -0.2) is 0 Å². The quantitative estimate of drug-likeness (QED) is 0.910. The van der Waals surface area contributed by atoms with Gasteiger partial charge in [-0.2, -0.15) is 5.10 Å². The summed E-state index contributed by atoms with van der Waals surface area (Å²) >= 11 is 0. The number of likely N-dealkylation sites (N-methyl/N-ethyl adjacent to an activating group) is 1. The number of hydrogen-bond acceptors (Lipinski definition) is 3. The summed E-state index contributed by atoms with van der Waals surface area (Å²) in [5, 5.41) is 4.10. The molecule has 116 valence electrons. The van der Waals surface area contributed by atoms with Gasteiger partial charge in [0.15, 0.2) is 0 Å². The topological polar surface area (TPSA) is 64.2 Å². The molecule has 1 aromatic heterocycles. The third kappa shape index (κ3) is 5.38. The molecule has 1 unspecified atom stereocenters.